The molecule has 6 nitrogen and oxygen atoms in total. The van der Waals surface area contributed by atoms with E-state index in [9.17, 15) is 17.6 Å². The van der Waals surface area contributed by atoms with Crippen molar-refractivity contribution in [3.63, 3.8) is 0 Å². The second-order valence-corrected chi connectivity index (χ2v) is 7.73. The SMILES string of the molecule is COc1ccc(S(=O)(=O)Nc2ccccc2C(=O)NCC(C)C)cc1F. The molecule has 0 heterocycles. The monoisotopic (exact) mass is 380 g/mol. The van der Waals surface area contributed by atoms with Crippen molar-refractivity contribution in [2.45, 2.75) is 18.7 Å². The second kappa shape index (κ2) is 8.18. The van der Waals surface area contributed by atoms with E-state index in [2.05, 4.69) is 10.0 Å². The minimum atomic E-state index is -4.07. The average Bonchev–Trinajstić information content (AvgIpc) is 2.59. The lowest BCUT2D eigenvalue weighted by molar-refractivity contribution is 0.0950. The molecule has 0 fully saturated rings. The highest BCUT2D eigenvalue weighted by Gasteiger charge is 2.20. The lowest BCUT2D eigenvalue weighted by Gasteiger charge is -2.14. The van der Waals surface area contributed by atoms with E-state index in [0.717, 1.165) is 6.07 Å². The Labute approximate surface area is 152 Å². The van der Waals surface area contributed by atoms with Gasteiger partial charge in [0.2, 0.25) is 0 Å². The van der Waals surface area contributed by atoms with E-state index in [0.29, 0.717) is 6.54 Å². The first-order chi connectivity index (χ1) is 12.2. The number of halogens is 1. The summed E-state index contributed by atoms with van der Waals surface area (Å²) in [4.78, 5) is 12.0. The summed E-state index contributed by atoms with van der Waals surface area (Å²) in [7, 11) is -2.79. The van der Waals surface area contributed by atoms with Gasteiger partial charge in [0.25, 0.3) is 15.9 Å². The summed E-state index contributed by atoms with van der Waals surface area (Å²) in [5.41, 5.74) is 0.302. The van der Waals surface area contributed by atoms with Crippen molar-refractivity contribution in [2.24, 2.45) is 5.92 Å². The number of benzene rings is 2. The topological polar surface area (TPSA) is 84.5 Å². The number of sulfonamides is 1. The molecule has 0 spiro atoms. The highest BCUT2D eigenvalue weighted by atomic mass is 32.2. The number of para-hydroxylation sites is 1. The van der Waals surface area contributed by atoms with E-state index in [1.54, 1.807) is 12.1 Å². The maximum absolute atomic E-state index is 13.8. The molecular weight excluding hydrogens is 359 g/mol. The molecule has 1 amide bonds. The number of carbonyl (C=O) groups excluding carboxylic acids is 1. The minimum Gasteiger partial charge on any atom is -0.494 e. The third-order valence-electron chi connectivity index (χ3n) is 3.52. The summed E-state index contributed by atoms with van der Waals surface area (Å²) >= 11 is 0. The molecular formula is C18H21FN2O4S. The van der Waals surface area contributed by atoms with Crippen LogP contribution in [-0.2, 0) is 10.0 Å². The zero-order valence-corrected chi connectivity index (χ0v) is 15.6. The summed E-state index contributed by atoms with van der Waals surface area (Å²) in [6, 6.07) is 9.55. The van der Waals surface area contributed by atoms with Gasteiger partial charge in [-0.05, 0) is 36.2 Å². The normalized spacial score (nSPS) is 11.3. The van der Waals surface area contributed by atoms with Crippen LogP contribution in [0, 0.1) is 11.7 Å². The smallest absolute Gasteiger partial charge is 0.262 e. The van der Waals surface area contributed by atoms with Gasteiger partial charge in [-0.2, -0.15) is 0 Å². The molecule has 0 aliphatic carbocycles. The van der Waals surface area contributed by atoms with E-state index in [4.69, 9.17) is 4.74 Å². The Morgan fingerprint density at radius 1 is 1.19 bits per heavy atom. The fourth-order valence-corrected chi connectivity index (χ4v) is 3.27. The molecule has 140 valence electrons. The molecule has 0 saturated heterocycles. The molecule has 2 rings (SSSR count). The van der Waals surface area contributed by atoms with Crippen molar-refractivity contribution in [3.05, 3.63) is 53.8 Å². The summed E-state index contributed by atoms with van der Waals surface area (Å²) in [6.07, 6.45) is 0. The van der Waals surface area contributed by atoms with Crippen molar-refractivity contribution >= 4 is 21.6 Å². The average molecular weight is 380 g/mol. The summed E-state index contributed by atoms with van der Waals surface area (Å²) in [5.74, 6) is -0.987. The standard InChI is InChI=1S/C18H21FN2O4S/c1-12(2)11-20-18(22)14-6-4-5-7-16(14)21-26(23,24)13-8-9-17(25-3)15(19)10-13/h4-10,12,21H,11H2,1-3H3,(H,20,22). The Balaban J connectivity index is 2.30. The zero-order chi connectivity index (χ0) is 19.3. The molecule has 0 bridgehead atoms. The quantitative estimate of drug-likeness (QED) is 0.773. The van der Waals surface area contributed by atoms with E-state index >= 15 is 0 Å². The molecule has 2 N–H and O–H groups in total. The van der Waals surface area contributed by atoms with Gasteiger partial charge in [0.15, 0.2) is 11.6 Å². The van der Waals surface area contributed by atoms with Gasteiger partial charge in [-0.25, -0.2) is 12.8 Å². The van der Waals surface area contributed by atoms with Crippen LogP contribution in [0.2, 0.25) is 0 Å². The van der Waals surface area contributed by atoms with Crippen LogP contribution in [0.5, 0.6) is 5.75 Å². The first-order valence-corrected chi connectivity index (χ1v) is 9.46. The Bertz CT molecular complexity index is 898. The number of ether oxygens (including phenoxy) is 1. The lowest BCUT2D eigenvalue weighted by Crippen LogP contribution is -2.28. The van der Waals surface area contributed by atoms with Gasteiger partial charge in [0, 0.05) is 6.54 Å². The van der Waals surface area contributed by atoms with Crippen LogP contribution in [0.1, 0.15) is 24.2 Å². The van der Waals surface area contributed by atoms with E-state index in [1.165, 1.54) is 31.4 Å². The van der Waals surface area contributed by atoms with Crippen LogP contribution < -0.4 is 14.8 Å². The maximum atomic E-state index is 13.8. The second-order valence-electron chi connectivity index (χ2n) is 6.05. The summed E-state index contributed by atoms with van der Waals surface area (Å²) in [5, 5.41) is 2.74. The third kappa shape index (κ3) is 4.72. The Morgan fingerprint density at radius 2 is 1.88 bits per heavy atom. The first kappa shape index (κ1) is 19.7. The minimum absolute atomic E-state index is 0.0580. The van der Waals surface area contributed by atoms with Crippen LogP contribution in [0.15, 0.2) is 47.4 Å². The van der Waals surface area contributed by atoms with Crippen molar-refractivity contribution < 1.29 is 22.3 Å². The molecule has 0 saturated carbocycles. The molecule has 0 aromatic heterocycles. The Morgan fingerprint density at radius 3 is 2.50 bits per heavy atom. The Kier molecular flexibility index (Phi) is 6.20. The fourth-order valence-electron chi connectivity index (χ4n) is 2.18. The summed E-state index contributed by atoms with van der Waals surface area (Å²) in [6.45, 7) is 4.36. The third-order valence-corrected chi connectivity index (χ3v) is 4.88. The van der Waals surface area contributed by atoms with Crippen molar-refractivity contribution in [1.82, 2.24) is 5.32 Å². The highest BCUT2D eigenvalue weighted by molar-refractivity contribution is 7.92. The lowest BCUT2D eigenvalue weighted by atomic mass is 10.1. The molecule has 0 atom stereocenters. The van der Waals surface area contributed by atoms with Gasteiger partial charge in [0.05, 0.1) is 23.3 Å². The van der Waals surface area contributed by atoms with Gasteiger partial charge >= 0.3 is 0 Å². The van der Waals surface area contributed by atoms with Crippen LogP contribution in [0.3, 0.4) is 0 Å². The number of hydrogen-bond acceptors (Lipinski definition) is 4. The molecule has 0 radical (unpaired) electrons. The number of methoxy groups -OCH3 is 1. The fraction of sp³-hybridized carbons (Fsp3) is 0.278. The van der Waals surface area contributed by atoms with Crippen LogP contribution >= 0.6 is 0 Å². The van der Waals surface area contributed by atoms with Crippen molar-refractivity contribution in [1.29, 1.82) is 0 Å². The largest absolute Gasteiger partial charge is 0.494 e. The van der Waals surface area contributed by atoms with Gasteiger partial charge in [-0.15, -0.1) is 0 Å². The molecule has 26 heavy (non-hydrogen) atoms. The van der Waals surface area contributed by atoms with Crippen LogP contribution in [0.4, 0.5) is 10.1 Å². The molecule has 2 aromatic carbocycles. The molecule has 0 aliphatic heterocycles. The van der Waals surface area contributed by atoms with Crippen LogP contribution in [0.25, 0.3) is 0 Å². The van der Waals surface area contributed by atoms with Crippen LogP contribution in [-0.4, -0.2) is 28.0 Å². The van der Waals surface area contributed by atoms with Gasteiger partial charge in [-0.3, -0.25) is 9.52 Å². The Hall–Kier alpha value is -2.61. The zero-order valence-electron chi connectivity index (χ0n) is 14.7. The molecule has 2 aromatic rings. The maximum Gasteiger partial charge on any atom is 0.262 e. The van der Waals surface area contributed by atoms with E-state index in [-0.39, 0.29) is 27.8 Å². The van der Waals surface area contributed by atoms with Gasteiger partial charge in [0.1, 0.15) is 0 Å². The van der Waals surface area contributed by atoms with Crippen molar-refractivity contribution in [3.8, 4) is 5.75 Å². The van der Waals surface area contributed by atoms with Gasteiger partial charge < -0.3 is 10.1 Å². The number of hydrogen-bond donors (Lipinski definition) is 2. The van der Waals surface area contributed by atoms with E-state index < -0.39 is 21.7 Å². The number of rotatable bonds is 7. The predicted molar refractivity (Wildman–Crippen MR) is 97.4 cm³/mol. The first-order valence-electron chi connectivity index (χ1n) is 7.98. The number of carbonyl (C=O) groups is 1. The molecule has 8 heteroatoms. The van der Waals surface area contributed by atoms with Gasteiger partial charge in [-0.1, -0.05) is 26.0 Å². The molecule has 0 unspecified atom stereocenters. The molecule has 0 aliphatic rings. The predicted octanol–water partition coefficient (Wildman–Crippen LogP) is 3.02. The highest BCUT2D eigenvalue weighted by Crippen LogP contribution is 2.24. The number of amides is 1. The number of nitrogens with one attached hydrogen (secondary N) is 2. The van der Waals surface area contributed by atoms with Crippen molar-refractivity contribution in [2.75, 3.05) is 18.4 Å². The van der Waals surface area contributed by atoms with E-state index in [1.807, 2.05) is 13.8 Å². The summed E-state index contributed by atoms with van der Waals surface area (Å²) < 4.78 is 46.0. The number of anilines is 1.